The molecule has 1 atom stereocenters. The van der Waals surface area contributed by atoms with Gasteiger partial charge in [-0.3, -0.25) is 9.59 Å². The third-order valence-corrected chi connectivity index (χ3v) is 3.47. The Labute approximate surface area is 101 Å². The molecule has 0 radical (unpaired) electrons. The van der Waals surface area contributed by atoms with Gasteiger partial charge >= 0.3 is 5.97 Å². The van der Waals surface area contributed by atoms with E-state index in [1.54, 1.807) is 14.0 Å². The molecule has 1 saturated carbocycles. The largest absolute Gasteiger partial charge is 0.481 e. The van der Waals surface area contributed by atoms with Crippen LogP contribution < -0.4 is 0 Å². The van der Waals surface area contributed by atoms with Crippen LogP contribution in [-0.4, -0.2) is 46.7 Å². The normalized spacial score (nSPS) is 19.9. The summed E-state index contributed by atoms with van der Waals surface area (Å²) in [5, 5.41) is 18.5. The lowest BCUT2D eigenvalue weighted by atomic mass is 9.82. The maximum Gasteiger partial charge on any atom is 0.310 e. The standard InChI is InChI=1S/C12H21NO4/c1-9(14)8-13(2)10(15)7-12(11(16)17)5-3-4-6-12/h9,14H,3-8H2,1-2H3,(H,16,17). The molecule has 1 amide bonds. The molecule has 1 fully saturated rings. The maximum absolute atomic E-state index is 11.9. The Morgan fingerprint density at radius 1 is 1.35 bits per heavy atom. The fourth-order valence-corrected chi connectivity index (χ4v) is 2.44. The molecule has 1 rings (SSSR count). The van der Waals surface area contributed by atoms with E-state index in [4.69, 9.17) is 0 Å². The minimum atomic E-state index is -0.871. The van der Waals surface area contributed by atoms with Gasteiger partial charge in [0.15, 0.2) is 0 Å². The Morgan fingerprint density at radius 2 is 1.88 bits per heavy atom. The Balaban J connectivity index is 2.62. The molecule has 0 saturated heterocycles. The lowest BCUT2D eigenvalue weighted by Gasteiger charge is -2.26. The average Bonchev–Trinajstić information content (AvgIpc) is 2.66. The number of aliphatic carboxylic acids is 1. The van der Waals surface area contributed by atoms with Crippen molar-refractivity contribution >= 4 is 11.9 Å². The van der Waals surface area contributed by atoms with Gasteiger partial charge in [0.25, 0.3) is 0 Å². The fourth-order valence-electron chi connectivity index (χ4n) is 2.44. The van der Waals surface area contributed by atoms with Crippen LogP contribution in [0.5, 0.6) is 0 Å². The molecule has 5 nitrogen and oxygen atoms in total. The van der Waals surface area contributed by atoms with Gasteiger partial charge in [-0.25, -0.2) is 0 Å². The zero-order valence-corrected chi connectivity index (χ0v) is 10.5. The summed E-state index contributed by atoms with van der Waals surface area (Å²) >= 11 is 0. The summed E-state index contributed by atoms with van der Waals surface area (Å²) in [5.41, 5.74) is -0.871. The summed E-state index contributed by atoms with van der Waals surface area (Å²) in [7, 11) is 1.60. The lowest BCUT2D eigenvalue weighted by molar-refractivity contribution is -0.153. The predicted molar refractivity (Wildman–Crippen MR) is 62.5 cm³/mol. The van der Waals surface area contributed by atoms with Gasteiger partial charge < -0.3 is 15.1 Å². The van der Waals surface area contributed by atoms with Gasteiger partial charge in [0.1, 0.15) is 0 Å². The van der Waals surface area contributed by atoms with Crippen LogP contribution in [0.3, 0.4) is 0 Å². The van der Waals surface area contributed by atoms with Gasteiger partial charge in [-0.05, 0) is 19.8 Å². The quantitative estimate of drug-likeness (QED) is 0.750. The van der Waals surface area contributed by atoms with Crippen molar-refractivity contribution in [2.75, 3.05) is 13.6 Å². The van der Waals surface area contributed by atoms with Crippen LogP contribution in [0.25, 0.3) is 0 Å². The Kier molecular flexibility index (Phi) is 4.51. The van der Waals surface area contributed by atoms with E-state index >= 15 is 0 Å². The second-order valence-corrected chi connectivity index (χ2v) is 5.09. The number of carbonyl (C=O) groups is 2. The predicted octanol–water partition coefficient (Wildman–Crippen LogP) is 0.861. The summed E-state index contributed by atoms with van der Waals surface area (Å²) in [5.74, 6) is -1.07. The molecule has 0 aromatic rings. The summed E-state index contributed by atoms with van der Waals surface area (Å²) in [6.07, 6.45) is 2.37. The molecular weight excluding hydrogens is 222 g/mol. The molecule has 1 aliphatic carbocycles. The molecule has 1 unspecified atom stereocenters. The highest BCUT2D eigenvalue weighted by molar-refractivity contribution is 5.85. The van der Waals surface area contributed by atoms with Crippen molar-refractivity contribution in [3.05, 3.63) is 0 Å². The van der Waals surface area contributed by atoms with E-state index in [0.717, 1.165) is 12.8 Å². The van der Waals surface area contributed by atoms with Crippen LogP contribution >= 0.6 is 0 Å². The Bertz CT molecular complexity index is 295. The number of likely N-dealkylation sites (N-methyl/N-ethyl adjacent to an activating group) is 1. The number of carboxylic acid groups (broad SMARTS) is 1. The number of carboxylic acids is 1. The third-order valence-electron chi connectivity index (χ3n) is 3.47. The van der Waals surface area contributed by atoms with E-state index in [1.807, 2.05) is 0 Å². The van der Waals surface area contributed by atoms with E-state index in [2.05, 4.69) is 0 Å². The van der Waals surface area contributed by atoms with Crippen molar-refractivity contribution in [1.82, 2.24) is 4.90 Å². The SMILES string of the molecule is CC(O)CN(C)C(=O)CC1(C(=O)O)CCCC1. The zero-order valence-electron chi connectivity index (χ0n) is 10.5. The third kappa shape index (κ3) is 3.43. The number of aliphatic hydroxyl groups is 1. The average molecular weight is 243 g/mol. The number of carbonyl (C=O) groups excluding carboxylic acids is 1. The first-order chi connectivity index (χ1) is 7.87. The topological polar surface area (TPSA) is 77.8 Å². The van der Waals surface area contributed by atoms with Crippen LogP contribution in [0.2, 0.25) is 0 Å². The smallest absolute Gasteiger partial charge is 0.310 e. The number of nitrogens with zero attached hydrogens (tertiary/aromatic N) is 1. The number of amides is 1. The monoisotopic (exact) mass is 243 g/mol. The molecule has 2 N–H and O–H groups in total. The molecule has 0 spiro atoms. The minimum absolute atomic E-state index is 0.0472. The molecule has 0 bridgehead atoms. The van der Waals surface area contributed by atoms with Crippen LogP contribution in [0.4, 0.5) is 0 Å². The number of rotatable bonds is 5. The second kappa shape index (κ2) is 5.49. The molecule has 0 aromatic heterocycles. The van der Waals surface area contributed by atoms with E-state index < -0.39 is 17.5 Å². The van der Waals surface area contributed by atoms with Crippen molar-refractivity contribution < 1.29 is 19.8 Å². The van der Waals surface area contributed by atoms with Gasteiger partial charge in [-0.15, -0.1) is 0 Å². The van der Waals surface area contributed by atoms with Crippen molar-refractivity contribution in [2.24, 2.45) is 5.41 Å². The molecule has 98 valence electrons. The first kappa shape index (κ1) is 14.0. The fraction of sp³-hybridized carbons (Fsp3) is 0.833. The van der Waals surface area contributed by atoms with Crippen molar-refractivity contribution in [3.63, 3.8) is 0 Å². The molecule has 17 heavy (non-hydrogen) atoms. The van der Waals surface area contributed by atoms with Crippen LogP contribution in [0, 0.1) is 5.41 Å². The van der Waals surface area contributed by atoms with E-state index in [1.165, 1.54) is 4.90 Å². The summed E-state index contributed by atoms with van der Waals surface area (Å²) in [4.78, 5) is 24.6. The summed E-state index contributed by atoms with van der Waals surface area (Å²) < 4.78 is 0. The van der Waals surface area contributed by atoms with Crippen molar-refractivity contribution in [2.45, 2.75) is 45.1 Å². The van der Waals surface area contributed by atoms with Crippen LogP contribution in [-0.2, 0) is 9.59 Å². The van der Waals surface area contributed by atoms with Gasteiger partial charge in [0, 0.05) is 20.0 Å². The van der Waals surface area contributed by atoms with Crippen LogP contribution in [0.15, 0.2) is 0 Å². The maximum atomic E-state index is 11.9. The highest BCUT2D eigenvalue weighted by Gasteiger charge is 2.43. The second-order valence-electron chi connectivity index (χ2n) is 5.09. The Morgan fingerprint density at radius 3 is 2.29 bits per heavy atom. The van der Waals surface area contributed by atoms with Gasteiger partial charge in [-0.1, -0.05) is 12.8 Å². The van der Waals surface area contributed by atoms with Crippen molar-refractivity contribution in [3.8, 4) is 0 Å². The van der Waals surface area contributed by atoms with Crippen molar-refractivity contribution in [1.29, 1.82) is 0 Å². The number of hydrogen-bond acceptors (Lipinski definition) is 3. The van der Waals surface area contributed by atoms with Gasteiger partial charge in [0.05, 0.1) is 11.5 Å². The van der Waals surface area contributed by atoms with Gasteiger partial charge in [0.2, 0.25) is 5.91 Å². The molecule has 0 aromatic carbocycles. The van der Waals surface area contributed by atoms with E-state index in [9.17, 15) is 19.8 Å². The molecule has 5 heteroatoms. The Hall–Kier alpha value is -1.10. The number of aliphatic hydroxyl groups excluding tert-OH is 1. The first-order valence-corrected chi connectivity index (χ1v) is 6.03. The lowest BCUT2D eigenvalue weighted by Crippen LogP contribution is -2.39. The zero-order chi connectivity index (χ0) is 13.1. The summed E-state index contributed by atoms with van der Waals surface area (Å²) in [6.45, 7) is 1.85. The molecular formula is C12H21NO4. The van der Waals surface area contributed by atoms with E-state index in [-0.39, 0.29) is 18.9 Å². The van der Waals surface area contributed by atoms with E-state index in [0.29, 0.717) is 12.8 Å². The van der Waals surface area contributed by atoms with Crippen LogP contribution in [0.1, 0.15) is 39.0 Å². The highest BCUT2D eigenvalue weighted by Crippen LogP contribution is 2.41. The number of hydrogen-bond donors (Lipinski definition) is 2. The summed E-state index contributed by atoms with van der Waals surface area (Å²) in [6, 6.07) is 0. The highest BCUT2D eigenvalue weighted by atomic mass is 16.4. The molecule has 0 aliphatic heterocycles. The molecule has 0 heterocycles. The molecule has 1 aliphatic rings. The van der Waals surface area contributed by atoms with Gasteiger partial charge in [-0.2, -0.15) is 0 Å². The minimum Gasteiger partial charge on any atom is -0.481 e. The first-order valence-electron chi connectivity index (χ1n) is 6.03.